The fourth-order valence-corrected chi connectivity index (χ4v) is 5.35. The molecule has 0 saturated carbocycles. The van der Waals surface area contributed by atoms with Crippen LogP contribution in [0.1, 0.15) is 102 Å². The van der Waals surface area contributed by atoms with Crippen LogP contribution in [0.4, 0.5) is 0 Å². The molecule has 0 bridgehead atoms. The Morgan fingerprint density at radius 3 is 2.73 bits per heavy atom. The van der Waals surface area contributed by atoms with Gasteiger partial charge in [-0.3, -0.25) is 14.4 Å². The van der Waals surface area contributed by atoms with Crippen molar-refractivity contribution in [2.45, 2.75) is 84.7 Å². The molecule has 2 amide bonds. The molecule has 2 aliphatic carbocycles. The molecule has 2 aromatic rings. The van der Waals surface area contributed by atoms with Gasteiger partial charge in [0, 0.05) is 17.7 Å². The van der Waals surface area contributed by atoms with E-state index in [4.69, 9.17) is 0 Å². The number of Topliss-reactive ketones (excluding diaryl/α,β-unsaturated/α-hetero) is 1. The van der Waals surface area contributed by atoms with Crippen molar-refractivity contribution >= 4 is 17.6 Å². The van der Waals surface area contributed by atoms with Gasteiger partial charge in [0.05, 0.1) is 6.04 Å². The van der Waals surface area contributed by atoms with E-state index in [0.717, 1.165) is 37.8 Å². The zero-order valence-corrected chi connectivity index (χ0v) is 20.1. The lowest BCUT2D eigenvalue weighted by Gasteiger charge is -2.28. The number of carbonyl (C=O) groups excluding carboxylic acids is 3. The SMILES string of the molecule is CCCCC(NC(=O)c1[nH]c2c(c1C)C(=O)CC(C)(C)C2)C(=O)NC1CCc2ccccc21. The van der Waals surface area contributed by atoms with Crippen LogP contribution in [0.25, 0.3) is 0 Å². The van der Waals surface area contributed by atoms with Crippen LogP contribution in [-0.2, 0) is 17.6 Å². The van der Waals surface area contributed by atoms with E-state index in [-0.39, 0.29) is 29.1 Å². The number of H-pyrrole nitrogens is 1. The molecule has 1 heterocycles. The standard InChI is InChI=1S/C27H35N3O3/c1-5-6-11-20(25(32)29-19-13-12-17-9-7-8-10-18(17)19)30-26(33)24-16(2)23-21(28-24)14-27(3,4)15-22(23)31/h7-10,19-20,28H,5-6,11-15H2,1-4H3,(H,29,32)(H,30,33). The van der Waals surface area contributed by atoms with Gasteiger partial charge in [-0.2, -0.15) is 0 Å². The minimum Gasteiger partial charge on any atom is -0.354 e. The predicted octanol–water partition coefficient (Wildman–Crippen LogP) is 4.57. The first kappa shape index (κ1) is 23.3. The number of ketones is 1. The van der Waals surface area contributed by atoms with E-state index in [2.05, 4.69) is 48.5 Å². The van der Waals surface area contributed by atoms with Crippen LogP contribution < -0.4 is 10.6 Å². The van der Waals surface area contributed by atoms with Gasteiger partial charge in [0.25, 0.3) is 5.91 Å². The monoisotopic (exact) mass is 449 g/mol. The normalized spacial score (nSPS) is 19.5. The van der Waals surface area contributed by atoms with Crippen LogP contribution in [0, 0.1) is 12.3 Å². The van der Waals surface area contributed by atoms with Crippen molar-refractivity contribution in [2.24, 2.45) is 5.41 Å². The Morgan fingerprint density at radius 1 is 1.21 bits per heavy atom. The van der Waals surface area contributed by atoms with Gasteiger partial charge in [-0.05, 0) is 54.7 Å². The first-order valence-electron chi connectivity index (χ1n) is 12.1. The number of fused-ring (bicyclic) bond motifs is 2. The number of aryl methyl sites for hydroxylation is 1. The Bertz CT molecular complexity index is 1080. The number of amides is 2. The van der Waals surface area contributed by atoms with Gasteiger partial charge in [-0.15, -0.1) is 0 Å². The number of aromatic amines is 1. The van der Waals surface area contributed by atoms with E-state index in [0.29, 0.717) is 29.7 Å². The van der Waals surface area contributed by atoms with E-state index < -0.39 is 6.04 Å². The molecule has 0 aliphatic heterocycles. The maximum Gasteiger partial charge on any atom is 0.268 e. The number of nitrogens with one attached hydrogen (secondary N) is 3. The summed E-state index contributed by atoms with van der Waals surface area (Å²) in [6.07, 6.45) is 5.38. The van der Waals surface area contributed by atoms with Crippen molar-refractivity contribution in [2.75, 3.05) is 0 Å². The summed E-state index contributed by atoms with van der Waals surface area (Å²) in [6, 6.07) is 7.57. The van der Waals surface area contributed by atoms with Gasteiger partial charge >= 0.3 is 0 Å². The number of hydrogen-bond donors (Lipinski definition) is 3. The molecule has 6 nitrogen and oxygen atoms in total. The van der Waals surface area contributed by atoms with Crippen LogP contribution in [0.2, 0.25) is 0 Å². The quantitative estimate of drug-likeness (QED) is 0.578. The summed E-state index contributed by atoms with van der Waals surface area (Å²) < 4.78 is 0. The summed E-state index contributed by atoms with van der Waals surface area (Å²) in [5.74, 6) is -0.394. The third-order valence-corrected chi connectivity index (χ3v) is 7.05. The van der Waals surface area contributed by atoms with E-state index in [1.807, 2.05) is 19.1 Å². The Hall–Kier alpha value is -2.89. The van der Waals surface area contributed by atoms with Gasteiger partial charge in [-0.1, -0.05) is 57.9 Å². The van der Waals surface area contributed by atoms with Crippen LogP contribution >= 0.6 is 0 Å². The zero-order chi connectivity index (χ0) is 23.8. The van der Waals surface area contributed by atoms with Crippen LogP contribution in [-0.4, -0.2) is 28.6 Å². The van der Waals surface area contributed by atoms with Gasteiger partial charge in [0.15, 0.2) is 5.78 Å². The van der Waals surface area contributed by atoms with Crippen molar-refractivity contribution in [1.82, 2.24) is 15.6 Å². The largest absolute Gasteiger partial charge is 0.354 e. The van der Waals surface area contributed by atoms with Gasteiger partial charge < -0.3 is 15.6 Å². The second-order valence-electron chi connectivity index (χ2n) is 10.4. The number of rotatable bonds is 7. The van der Waals surface area contributed by atoms with Gasteiger partial charge in [-0.25, -0.2) is 0 Å². The highest BCUT2D eigenvalue weighted by Crippen LogP contribution is 2.36. The molecule has 0 saturated heterocycles. The fourth-order valence-electron chi connectivity index (χ4n) is 5.35. The number of carbonyl (C=O) groups is 3. The van der Waals surface area contributed by atoms with E-state index in [1.54, 1.807) is 0 Å². The van der Waals surface area contributed by atoms with Crippen LogP contribution in [0.5, 0.6) is 0 Å². The fraction of sp³-hybridized carbons (Fsp3) is 0.519. The first-order valence-corrected chi connectivity index (χ1v) is 12.1. The Morgan fingerprint density at radius 2 is 1.97 bits per heavy atom. The number of hydrogen-bond acceptors (Lipinski definition) is 3. The van der Waals surface area contributed by atoms with Gasteiger partial charge in [0.2, 0.25) is 5.91 Å². The summed E-state index contributed by atoms with van der Waals surface area (Å²) in [5, 5.41) is 6.12. The van der Waals surface area contributed by atoms with Gasteiger partial charge in [0.1, 0.15) is 11.7 Å². The topological polar surface area (TPSA) is 91.1 Å². The first-order chi connectivity index (χ1) is 15.7. The summed E-state index contributed by atoms with van der Waals surface area (Å²) in [6.45, 7) is 8.02. The molecule has 3 N–H and O–H groups in total. The molecule has 176 valence electrons. The minimum absolute atomic E-state index is 0.0193. The highest BCUT2D eigenvalue weighted by Gasteiger charge is 2.36. The average molecular weight is 450 g/mol. The molecule has 2 unspecified atom stereocenters. The summed E-state index contributed by atoms with van der Waals surface area (Å²) in [4.78, 5) is 42.4. The van der Waals surface area contributed by atoms with Crippen LogP contribution in [0.3, 0.4) is 0 Å². The maximum atomic E-state index is 13.2. The summed E-state index contributed by atoms with van der Waals surface area (Å²) in [7, 11) is 0. The highest BCUT2D eigenvalue weighted by molar-refractivity contribution is 6.05. The molecule has 6 heteroatoms. The maximum absolute atomic E-state index is 13.2. The van der Waals surface area contributed by atoms with E-state index in [9.17, 15) is 14.4 Å². The smallest absolute Gasteiger partial charge is 0.268 e. The number of benzene rings is 1. The van der Waals surface area contributed by atoms with Crippen molar-refractivity contribution < 1.29 is 14.4 Å². The molecule has 0 fully saturated rings. The molecule has 1 aromatic heterocycles. The Kier molecular flexibility index (Phi) is 6.46. The Labute approximate surface area is 195 Å². The van der Waals surface area contributed by atoms with Crippen molar-refractivity contribution in [3.8, 4) is 0 Å². The molecule has 2 aliphatic rings. The highest BCUT2D eigenvalue weighted by atomic mass is 16.2. The lowest BCUT2D eigenvalue weighted by molar-refractivity contribution is -0.123. The third-order valence-electron chi connectivity index (χ3n) is 7.05. The Balaban J connectivity index is 1.51. The molecule has 4 rings (SSSR count). The zero-order valence-electron chi connectivity index (χ0n) is 20.1. The molecule has 33 heavy (non-hydrogen) atoms. The summed E-state index contributed by atoms with van der Waals surface area (Å²) in [5.41, 5.74) is 4.87. The molecule has 2 atom stereocenters. The predicted molar refractivity (Wildman–Crippen MR) is 128 cm³/mol. The molecular weight excluding hydrogens is 414 g/mol. The van der Waals surface area contributed by atoms with Crippen LogP contribution in [0.15, 0.2) is 24.3 Å². The third kappa shape index (κ3) is 4.75. The lowest BCUT2D eigenvalue weighted by atomic mass is 9.75. The molecule has 0 spiro atoms. The lowest BCUT2D eigenvalue weighted by Crippen LogP contribution is -2.47. The van der Waals surface area contributed by atoms with Crippen molar-refractivity contribution in [1.29, 1.82) is 0 Å². The van der Waals surface area contributed by atoms with Crippen molar-refractivity contribution in [3.05, 3.63) is 57.9 Å². The number of unbranched alkanes of at least 4 members (excludes halogenated alkanes) is 1. The van der Waals surface area contributed by atoms with Crippen molar-refractivity contribution in [3.63, 3.8) is 0 Å². The molecular formula is C27H35N3O3. The summed E-state index contributed by atoms with van der Waals surface area (Å²) >= 11 is 0. The second kappa shape index (κ2) is 9.16. The minimum atomic E-state index is -0.614. The molecule has 1 aromatic carbocycles. The van der Waals surface area contributed by atoms with E-state index >= 15 is 0 Å². The number of aromatic nitrogens is 1. The molecule has 0 radical (unpaired) electrons. The average Bonchev–Trinajstić information content (AvgIpc) is 3.31. The second-order valence-corrected chi connectivity index (χ2v) is 10.4. The van der Waals surface area contributed by atoms with E-state index in [1.165, 1.54) is 11.1 Å².